The third-order valence-corrected chi connectivity index (χ3v) is 3.81. The van der Waals surface area contributed by atoms with Crippen molar-refractivity contribution in [3.8, 4) is 5.75 Å². The molecule has 110 valence electrons. The van der Waals surface area contributed by atoms with Crippen LogP contribution in [0.15, 0.2) is 47.4 Å². The molecule has 1 aromatic carbocycles. The van der Waals surface area contributed by atoms with Gasteiger partial charge in [0.15, 0.2) is 5.75 Å². The predicted octanol–water partition coefficient (Wildman–Crippen LogP) is 2.52. The molecular formula is C17H20N2O2. The van der Waals surface area contributed by atoms with Crippen molar-refractivity contribution in [3.05, 3.63) is 64.1 Å². The van der Waals surface area contributed by atoms with Gasteiger partial charge in [0.2, 0.25) is 5.43 Å². The zero-order valence-electron chi connectivity index (χ0n) is 12.2. The van der Waals surface area contributed by atoms with Crippen LogP contribution >= 0.6 is 0 Å². The van der Waals surface area contributed by atoms with Gasteiger partial charge in [-0.3, -0.25) is 9.69 Å². The van der Waals surface area contributed by atoms with Gasteiger partial charge in [-0.25, -0.2) is 0 Å². The van der Waals surface area contributed by atoms with Crippen molar-refractivity contribution in [1.82, 2.24) is 9.47 Å². The largest absolute Gasteiger partial charge is 0.503 e. The summed E-state index contributed by atoms with van der Waals surface area (Å²) in [5.74, 6) is -0.156. The van der Waals surface area contributed by atoms with Crippen molar-refractivity contribution in [2.45, 2.75) is 32.0 Å². The lowest BCUT2D eigenvalue weighted by Gasteiger charge is -2.20. The molecule has 1 aromatic heterocycles. The summed E-state index contributed by atoms with van der Waals surface area (Å²) in [7, 11) is 2.04. The van der Waals surface area contributed by atoms with Gasteiger partial charge in [-0.1, -0.05) is 30.3 Å². The normalized spacial score (nSPS) is 14.6. The molecule has 0 spiro atoms. The average Bonchev–Trinajstić information content (AvgIpc) is 3.28. The van der Waals surface area contributed by atoms with Gasteiger partial charge in [0.05, 0.1) is 6.20 Å². The minimum absolute atomic E-state index is 0.156. The van der Waals surface area contributed by atoms with Crippen LogP contribution in [0.1, 0.15) is 30.1 Å². The van der Waals surface area contributed by atoms with E-state index in [1.807, 2.05) is 25.2 Å². The third-order valence-electron chi connectivity index (χ3n) is 3.81. The first-order chi connectivity index (χ1) is 10.1. The fourth-order valence-electron chi connectivity index (χ4n) is 2.63. The van der Waals surface area contributed by atoms with E-state index in [9.17, 15) is 9.90 Å². The van der Waals surface area contributed by atoms with E-state index in [2.05, 4.69) is 21.6 Å². The van der Waals surface area contributed by atoms with Crippen molar-refractivity contribution in [2.75, 3.05) is 7.05 Å². The number of aromatic hydroxyl groups is 1. The molecule has 0 saturated heterocycles. The smallest absolute Gasteiger partial charge is 0.223 e. The molecule has 4 nitrogen and oxygen atoms in total. The van der Waals surface area contributed by atoms with Crippen LogP contribution in [0.5, 0.6) is 5.75 Å². The summed E-state index contributed by atoms with van der Waals surface area (Å²) < 4.78 is 2.05. The van der Waals surface area contributed by atoms with Gasteiger partial charge in [-0.2, -0.15) is 0 Å². The summed E-state index contributed by atoms with van der Waals surface area (Å²) in [6, 6.07) is 12.3. The van der Waals surface area contributed by atoms with Gasteiger partial charge in [0.25, 0.3) is 0 Å². The molecule has 21 heavy (non-hydrogen) atoms. The highest BCUT2D eigenvalue weighted by atomic mass is 16.3. The quantitative estimate of drug-likeness (QED) is 0.917. The fourth-order valence-corrected chi connectivity index (χ4v) is 2.63. The van der Waals surface area contributed by atoms with Crippen LogP contribution in [0.25, 0.3) is 0 Å². The summed E-state index contributed by atoms with van der Waals surface area (Å²) in [4.78, 5) is 13.9. The molecule has 0 amide bonds. The lowest BCUT2D eigenvalue weighted by Crippen LogP contribution is -2.22. The Kier molecular flexibility index (Phi) is 3.80. The molecule has 0 unspecified atom stereocenters. The topological polar surface area (TPSA) is 45.5 Å². The van der Waals surface area contributed by atoms with Crippen LogP contribution in [0.4, 0.5) is 0 Å². The van der Waals surface area contributed by atoms with E-state index in [1.165, 1.54) is 5.56 Å². The maximum Gasteiger partial charge on any atom is 0.223 e. The zero-order chi connectivity index (χ0) is 14.8. The number of benzene rings is 1. The molecule has 3 rings (SSSR count). The number of nitrogens with zero attached hydrogens (tertiary/aromatic N) is 2. The highest BCUT2D eigenvalue weighted by molar-refractivity contribution is 5.22. The molecule has 1 aliphatic rings. The lowest BCUT2D eigenvalue weighted by molar-refractivity contribution is 0.307. The Bertz CT molecular complexity index is 675. The Balaban J connectivity index is 1.77. The molecule has 4 heteroatoms. The number of hydrogen-bond donors (Lipinski definition) is 1. The van der Waals surface area contributed by atoms with Crippen LogP contribution in [-0.4, -0.2) is 21.6 Å². The SMILES string of the molecule is CN(Cc1ccccc1)Cc1cc(=O)c(O)cn1C1CC1. The summed E-state index contributed by atoms with van der Waals surface area (Å²) >= 11 is 0. The maximum absolute atomic E-state index is 11.7. The molecule has 1 saturated carbocycles. The Morgan fingerprint density at radius 3 is 2.62 bits per heavy atom. The van der Waals surface area contributed by atoms with Crippen molar-refractivity contribution in [1.29, 1.82) is 0 Å². The van der Waals surface area contributed by atoms with Gasteiger partial charge in [0, 0.05) is 30.9 Å². The molecule has 0 aliphatic heterocycles. The van der Waals surface area contributed by atoms with E-state index in [-0.39, 0.29) is 11.2 Å². The van der Waals surface area contributed by atoms with Crippen LogP contribution in [0.3, 0.4) is 0 Å². The zero-order valence-corrected chi connectivity index (χ0v) is 12.2. The van der Waals surface area contributed by atoms with Gasteiger partial charge < -0.3 is 9.67 Å². The Morgan fingerprint density at radius 1 is 1.24 bits per heavy atom. The van der Waals surface area contributed by atoms with Gasteiger partial charge in [0.1, 0.15) is 0 Å². The Hall–Kier alpha value is -2.07. The number of hydrogen-bond acceptors (Lipinski definition) is 3. The van der Waals surface area contributed by atoms with E-state index in [0.29, 0.717) is 12.6 Å². The molecule has 1 N–H and O–H groups in total. The first kappa shape index (κ1) is 13.9. The molecule has 0 bridgehead atoms. The Morgan fingerprint density at radius 2 is 1.95 bits per heavy atom. The Labute approximate surface area is 124 Å². The highest BCUT2D eigenvalue weighted by Gasteiger charge is 2.25. The van der Waals surface area contributed by atoms with Gasteiger partial charge in [-0.05, 0) is 25.5 Å². The van der Waals surface area contributed by atoms with Crippen LogP contribution < -0.4 is 5.43 Å². The van der Waals surface area contributed by atoms with E-state index in [4.69, 9.17) is 0 Å². The predicted molar refractivity (Wildman–Crippen MR) is 82.3 cm³/mol. The second-order valence-electron chi connectivity index (χ2n) is 5.81. The van der Waals surface area contributed by atoms with Gasteiger partial charge >= 0.3 is 0 Å². The van der Waals surface area contributed by atoms with E-state index in [1.54, 1.807) is 12.3 Å². The van der Waals surface area contributed by atoms with E-state index in [0.717, 1.165) is 25.1 Å². The molecule has 1 fully saturated rings. The molecule has 1 heterocycles. The van der Waals surface area contributed by atoms with Crippen molar-refractivity contribution < 1.29 is 5.11 Å². The van der Waals surface area contributed by atoms with Gasteiger partial charge in [-0.15, -0.1) is 0 Å². The lowest BCUT2D eigenvalue weighted by atomic mass is 10.2. The van der Waals surface area contributed by atoms with Crippen molar-refractivity contribution in [2.24, 2.45) is 0 Å². The number of aromatic nitrogens is 1. The molecule has 0 radical (unpaired) electrons. The average molecular weight is 284 g/mol. The van der Waals surface area contributed by atoms with Crippen molar-refractivity contribution >= 4 is 0 Å². The number of rotatable bonds is 5. The summed E-state index contributed by atoms with van der Waals surface area (Å²) in [6.45, 7) is 1.53. The standard InChI is InChI=1S/C17H20N2O2/c1-18(10-13-5-3-2-4-6-13)11-15-9-16(20)17(21)12-19(15)14-7-8-14/h2-6,9,12,14,21H,7-8,10-11H2,1H3. The summed E-state index contributed by atoms with van der Waals surface area (Å²) in [6.07, 6.45) is 3.83. The summed E-state index contributed by atoms with van der Waals surface area (Å²) in [5, 5.41) is 9.62. The first-order valence-electron chi connectivity index (χ1n) is 7.30. The maximum atomic E-state index is 11.7. The molecular weight excluding hydrogens is 264 g/mol. The monoisotopic (exact) mass is 284 g/mol. The second kappa shape index (κ2) is 5.74. The fraction of sp³-hybridized carbons (Fsp3) is 0.353. The van der Waals surface area contributed by atoms with Crippen LogP contribution in [-0.2, 0) is 13.1 Å². The molecule has 0 atom stereocenters. The first-order valence-corrected chi connectivity index (χ1v) is 7.30. The molecule has 2 aromatic rings. The van der Waals surface area contributed by atoms with Crippen LogP contribution in [0.2, 0.25) is 0 Å². The second-order valence-corrected chi connectivity index (χ2v) is 5.81. The van der Waals surface area contributed by atoms with Crippen molar-refractivity contribution in [3.63, 3.8) is 0 Å². The van der Waals surface area contributed by atoms with Crippen LogP contribution in [0, 0.1) is 0 Å². The van der Waals surface area contributed by atoms with E-state index < -0.39 is 0 Å². The minimum Gasteiger partial charge on any atom is -0.503 e. The van der Waals surface area contributed by atoms with E-state index >= 15 is 0 Å². The highest BCUT2D eigenvalue weighted by Crippen LogP contribution is 2.36. The minimum atomic E-state index is -0.296. The third kappa shape index (κ3) is 3.34. The molecule has 1 aliphatic carbocycles. The number of pyridine rings is 1. The summed E-state index contributed by atoms with van der Waals surface area (Å²) in [5.41, 5.74) is 1.92.